The van der Waals surface area contributed by atoms with E-state index in [-0.39, 0.29) is 23.2 Å². The molecule has 1 aromatic heterocycles. The Balaban J connectivity index is 1.83. The second-order valence-electron chi connectivity index (χ2n) is 5.43. The number of benzene rings is 1. The molecule has 0 atom stereocenters. The zero-order chi connectivity index (χ0) is 17.1. The molecule has 1 aliphatic rings. The third-order valence-electron chi connectivity index (χ3n) is 3.53. The smallest absolute Gasteiger partial charge is 0.270 e. The van der Waals surface area contributed by atoms with E-state index in [4.69, 9.17) is 5.26 Å². The summed E-state index contributed by atoms with van der Waals surface area (Å²) in [6.07, 6.45) is 3.46. The normalized spacial score (nSPS) is 14.0. The minimum absolute atomic E-state index is 0.0273. The molecule has 2 aromatic rings. The molecule has 1 saturated carbocycles. The Hall–Kier alpha value is -2.98. The highest BCUT2D eigenvalue weighted by Crippen LogP contribution is 2.31. The van der Waals surface area contributed by atoms with Crippen LogP contribution in [0.1, 0.15) is 17.7 Å². The average molecular weight is 339 g/mol. The predicted molar refractivity (Wildman–Crippen MR) is 91.2 cm³/mol. The number of carbonyl (C=O) groups is 1. The van der Waals surface area contributed by atoms with Crippen LogP contribution in [-0.2, 0) is 4.79 Å². The fourth-order valence-corrected chi connectivity index (χ4v) is 3.09. The number of hydrogen-bond donors (Lipinski definition) is 1. The van der Waals surface area contributed by atoms with Crippen LogP contribution >= 0.6 is 11.3 Å². The van der Waals surface area contributed by atoms with Crippen LogP contribution in [0.15, 0.2) is 42.0 Å². The van der Waals surface area contributed by atoms with Crippen molar-refractivity contribution >= 4 is 29.0 Å². The monoisotopic (exact) mass is 339 g/mol. The van der Waals surface area contributed by atoms with Gasteiger partial charge in [-0.2, -0.15) is 5.26 Å². The number of non-ortho nitro benzene ring substituents is 1. The lowest BCUT2D eigenvalue weighted by Gasteiger charge is -2.00. The van der Waals surface area contributed by atoms with Crippen LogP contribution in [0.25, 0.3) is 16.5 Å². The van der Waals surface area contributed by atoms with Gasteiger partial charge in [0.2, 0.25) is 0 Å². The lowest BCUT2D eigenvalue weighted by atomic mass is 10.1. The molecule has 0 bridgehead atoms. The summed E-state index contributed by atoms with van der Waals surface area (Å²) in [7, 11) is 0. The molecule has 1 heterocycles. The average Bonchev–Trinajstić information content (AvgIpc) is 3.27. The molecule has 1 amide bonds. The van der Waals surface area contributed by atoms with Crippen molar-refractivity contribution < 1.29 is 9.72 Å². The number of rotatable bonds is 5. The second kappa shape index (κ2) is 6.64. The highest BCUT2D eigenvalue weighted by molar-refractivity contribution is 7.16. The maximum atomic E-state index is 12.0. The summed E-state index contributed by atoms with van der Waals surface area (Å²) in [6.45, 7) is 0. The van der Waals surface area contributed by atoms with E-state index in [0.29, 0.717) is 0 Å². The lowest BCUT2D eigenvalue weighted by molar-refractivity contribution is -0.384. The molecular weight excluding hydrogens is 326 g/mol. The summed E-state index contributed by atoms with van der Waals surface area (Å²) in [5.74, 6) is -0.356. The summed E-state index contributed by atoms with van der Waals surface area (Å²) in [4.78, 5) is 24.0. The number of hydrogen-bond acceptors (Lipinski definition) is 5. The Morgan fingerprint density at radius 2 is 2.17 bits per heavy atom. The van der Waals surface area contributed by atoms with Crippen LogP contribution in [-0.4, -0.2) is 16.9 Å². The number of nitro groups is 1. The van der Waals surface area contributed by atoms with Crippen molar-refractivity contribution in [3.63, 3.8) is 0 Å². The van der Waals surface area contributed by atoms with E-state index in [1.165, 1.54) is 23.5 Å². The molecular formula is C17H13N3O3S. The van der Waals surface area contributed by atoms with Gasteiger partial charge in [-0.15, -0.1) is 11.3 Å². The zero-order valence-electron chi connectivity index (χ0n) is 12.6. The topological polar surface area (TPSA) is 96.0 Å². The van der Waals surface area contributed by atoms with Crippen molar-refractivity contribution in [3.05, 3.63) is 57.0 Å². The Kier molecular flexibility index (Phi) is 4.40. The maximum Gasteiger partial charge on any atom is 0.270 e. The van der Waals surface area contributed by atoms with E-state index < -0.39 is 4.92 Å². The summed E-state index contributed by atoms with van der Waals surface area (Å²) in [5.41, 5.74) is 0.823. The van der Waals surface area contributed by atoms with Crippen molar-refractivity contribution in [1.29, 1.82) is 5.26 Å². The van der Waals surface area contributed by atoms with Gasteiger partial charge in [0, 0.05) is 27.9 Å². The van der Waals surface area contributed by atoms with Gasteiger partial charge in [-0.1, -0.05) is 12.1 Å². The fraction of sp³-hybridized carbons (Fsp3) is 0.176. The van der Waals surface area contributed by atoms with Gasteiger partial charge in [0.25, 0.3) is 11.6 Å². The largest absolute Gasteiger partial charge is 0.349 e. The van der Waals surface area contributed by atoms with E-state index in [9.17, 15) is 14.9 Å². The Bertz CT molecular complexity index is 875. The number of nitrogens with zero attached hydrogens (tertiary/aromatic N) is 2. The highest BCUT2D eigenvalue weighted by atomic mass is 32.1. The number of nitrogens with one attached hydrogen (secondary N) is 1. The van der Waals surface area contributed by atoms with Gasteiger partial charge in [-0.05, 0) is 36.6 Å². The lowest BCUT2D eigenvalue weighted by Crippen LogP contribution is -2.26. The number of amides is 1. The van der Waals surface area contributed by atoms with Gasteiger partial charge in [0.05, 0.1) is 4.92 Å². The van der Waals surface area contributed by atoms with Crippen molar-refractivity contribution in [3.8, 4) is 16.5 Å². The Labute approximate surface area is 142 Å². The zero-order valence-corrected chi connectivity index (χ0v) is 13.4. The molecule has 7 heteroatoms. The molecule has 0 saturated heterocycles. The SMILES string of the molecule is N#CC(=Cc1ccc(-c2cccc([N+](=O)[O-])c2)s1)C(=O)NC1CC1. The van der Waals surface area contributed by atoms with Gasteiger partial charge in [0.1, 0.15) is 11.6 Å². The third kappa shape index (κ3) is 3.67. The van der Waals surface area contributed by atoms with E-state index in [1.807, 2.05) is 12.1 Å². The molecule has 0 unspecified atom stereocenters. The quantitative estimate of drug-likeness (QED) is 0.390. The molecule has 0 aliphatic heterocycles. The Morgan fingerprint density at radius 3 is 2.83 bits per heavy atom. The summed E-state index contributed by atoms with van der Waals surface area (Å²) >= 11 is 1.37. The first-order valence-corrected chi connectivity index (χ1v) is 8.16. The molecule has 3 rings (SSSR count). The first-order chi connectivity index (χ1) is 11.6. The van der Waals surface area contributed by atoms with Gasteiger partial charge in [-0.25, -0.2) is 0 Å². The third-order valence-corrected chi connectivity index (χ3v) is 4.61. The molecule has 120 valence electrons. The second-order valence-corrected chi connectivity index (χ2v) is 6.54. The summed E-state index contributed by atoms with van der Waals surface area (Å²) in [6, 6.07) is 12.1. The maximum absolute atomic E-state index is 12.0. The highest BCUT2D eigenvalue weighted by Gasteiger charge is 2.24. The molecule has 1 aliphatic carbocycles. The number of nitro benzene ring substituents is 1. The first-order valence-electron chi connectivity index (χ1n) is 7.34. The standard InChI is InChI=1S/C17H13N3O3S/c18-10-12(17(21)19-13-4-5-13)9-15-6-7-16(24-15)11-2-1-3-14(8-11)20(22)23/h1-3,6-9,13H,4-5H2,(H,19,21). The van der Waals surface area contributed by atoms with Gasteiger partial charge in [0.15, 0.2) is 0 Å². The van der Waals surface area contributed by atoms with Crippen molar-refractivity contribution in [2.75, 3.05) is 0 Å². The number of carbonyl (C=O) groups excluding carboxylic acids is 1. The van der Waals surface area contributed by atoms with Gasteiger partial charge < -0.3 is 5.32 Å². The molecule has 0 radical (unpaired) electrons. The van der Waals surface area contributed by atoms with Crippen LogP contribution < -0.4 is 5.32 Å². The molecule has 1 aromatic carbocycles. The molecule has 0 spiro atoms. The number of thiophene rings is 1. The van der Waals surface area contributed by atoms with Crippen LogP contribution in [0.5, 0.6) is 0 Å². The van der Waals surface area contributed by atoms with E-state index in [2.05, 4.69) is 5.32 Å². The number of nitriles is 1. The van der Waals surface area contributed by atoms with Crippen molar-refractivity contribution in [1.82, 2.24) is 5.32 Å². The molecule has 6 nitrogen and oxygen atoms in total. The minimum atomic E-state index is -0.437. The first kappa shape index (κ1) is 15.9. The minimum Gasteiger partial charge on any atom is -0.349 e. The molecule has 24 heavy (non-hydrogen) atoms. The summed E-state index contributed by atoms with van der Waals surface area (Å²) < 4.78 is 0. The van der Waals surface area contributed by atoms with Crippen LogP contribution in [0.2, 0.25) is 0 Å². The van der Waals surface area contributed by atoms with Gasteiger partial charge >= 0.3 is 0 Å². The predicted octanol–water partition coefficient (Wildman–Crippen LogP) is 3.51. The van der Waals surface area contributed by atoms with E-state index in [1.54, 1.807) is 24.3 Å². The van der Waals surface area contributed by atoms with Crippen LogP contribution in [0.3, 0.4) is 0 Å². The van der Waals surface area contributed by atoms with Crippen LogP contribution in [0, 0.1) is 21.4 Å². The summed E-state index contributed by atoms with van der Waals surface area (Å²) in [5, 5.41) is 22.8. The van der Waals surface area contributed by atoms with E-state index in [0.717, 1.165) is 28.2 Å². The fourth-order valence-electron chi connectivity index (χ4n) is 2.14. The van der Waals surface area contributed by atoms with Crippen LogP contribution in [0.4, 0.5) is 5.69 Å². The van der Waals surface area contributed by atoms with E-state index >= 15 is 0 Å². The molecule has 1 fully saturated rings. The van der Waals surface area contributed by atoms with Gasteiger partial charge in [-0.3, -0.25) is 14.9 Å². The van der Waals surface area contributed by atoms with Crippen molar-refractivity contribution in [2.24, 2.45) is 0 Å². The Morgan fingerprint density at radius 1 is 1.38 bits per heavy atom. The molecule has 1 N–H and O–H groups in total. The van der Waals surface area contributed by atoms with Crippen molar-refractivity contribution in [2.45, 2.75) is 18.9 Å².